The molecule has 0 bridgehead atoms. The summed E-state index contributed by atoms with van der Waals surface area (Å²) >= 11 is 6.36. The molecule has 80 valence electrons. The minimum Gasteiger partial charge on any atom is -0.224 e. The van der Waals surface area contributed by atoms with E-state index in [2.05, 4.69) is 0 Å². The zero-order chi connectivity index (χ0) is 11.1. The fraction of sp³-hybridized carbons (Fsp3) is 0.333. The van der Waals surface area contributed by atoms with Crippen LogP contribution in [-0.4, -0.2) is 29.3 Å². The van der Waals surface area contributed by atoms with Crippen LogP contribution in [0.2, 0.25) is 4.34 Å². The molecule has 0 radical (unpaired) electrons. The van der Waals surface area contributed by atoms with Crippen LogP contribution >= 0.6 is 22.9 Å². The first-order chi connectivity index (χ1) is 6.12. The summed E-state index contributed by atoms with van der Waals surface area (Å²) < 4.78 is 44.3. The number of halogens is 1. The molecule has 1 aromatic rings. The molecule has 1 heterocycles. The van der Waals surface area contributed by atoms with E-state index >= 15 is 0 Å². The third-order valence-electron chi connectivity index (χ3n) is 1.40. The van der Waals surface area contributed by atoms with Gasteiger partial charge >= 0.3 is 0 Å². The molecule has 0 unspecified atom stereocenters. The highest BCUT2D eigenvalue weighted by Gasteiger charge is 2.20. The smallest absolute Gasteiger partial charge is 0.184 e. The molecular formula is C6H7ClO4S3. The number of hydrogen-bond donors (Lipinski definition) is 0. The SMILES string of the molecule is CS(=O)(=O)c1cc(S(C)(=O)=O)c(Cl)s1. The van der Waals surface area contributed by atoms with Crippen LogP contribution in [0.3, 0.4) is 0 Å². The molecule has 0 amide bonds. The number of rotatable bonds is 2. The monoisotopic (exact) mass is 274 g/mol. The highest BCUT2D eigenvalue weighted by atomic mass is 35.5. The van der Waals surface area contributed by atoms with Crippen molar-refractivity contribution in [3.8, 4) is 0 Å². The normalized spacial score (nSPS) is 13.1. The summed E-state index contributed by atoms with van der Waals surface area (Å²) in [5.41, 5.74) is 0. The minimum absolute atomic E-state index is 0.0204. The Hall–Kier alpha value is -0.110. The molecule has 0 saturated heterocycles. The van der Waals surface area contributed by atoms with Crippen molar-refractivity contribution in [3.05, 3.63) is 10.4 Å². The molecule has 14 heavy (non-hydrogen) atoms. The third-order valence-corrected chi connectivity index (χ3v) is 5.92. The summed E-state index contributed by atoms with van der Waals surface area (Å²) in [6.45, 7) is 0. The highest BCUT2D eigenvalue weighted by Crippen LogP contribution is 2.33. The van der Waals surface area contributed by atoms with Crippen LogP contribution in [0.1, 0.15) is 0 Å². The molecule has 0 spiro atoms. The lowest BCUT2D eigenvalue weighted by Gasteiger charge is -1.91. The number of sulfone groups is 2. The molecule has 1 rings (SSSR count). The summed E-state index contributed by atoms with van der Waals surface area (Å²) in [7, 11) is -6.85. The van der Waals surface area contributed by atoms with Crippen LogP contribution in [0.5, 0.6) is 0 Å². The topological polar surface area (TPSA) is 68.3 Å². The highest BCUT2D eigenvalue weighted by molar-refractivity contribution is 7.93. The van der Waals surface area contributed by atoms with Crippen molar-refractivity contribution < 1.29 is 16.8 Å². The van der Waals surface area contributed by atoms with Gasteiger partial charge in [0, 0.05) is 12.5 Å². The zero-order valence-electron chi connectivity index (χ0n) is 7.31. The van der Waals surface area contributed by atoms with E-state index in [9.17, 15) is 16.8 Å². The summed E-state index contributed by atoms with van der Waals surface area (Å²) in [6, 6.07) is 1.08. The molecule has 0 fully saturated rings. The van der Waals surface area contributed by atoms with Crippen molar-refractivity contribution in [1.82, 2.24) is 0 Å². The van der Waals surface area contributed by atoms with E-state index in [0.717, 1.165) is 29.9 Å². The fourth-order valence-corrected chi connectivity index (χ4v) is 4.68. The molecular weight excluding hydrogens is 268 g/mol. The second-order valence-corrected chi connectivity index (χ2v) is 8.63. The Morgan fingerprint density at radius 2 is 1.64 bits per heavy atom. The maximum absolute atomic E-state index is 11.1. The zero-order valence-corrected chi connectivity index (χ0v) is 10.5. The Morgan fingerprint density at radius 1 is 1.14 bits per heavy atom. The summed E-state index contributed by atoms with van der Waals surface area (Å²) in [5.74, 6) is 0. The predicted octanol–water partition coefficient (Wildman–Crippen LogP) is 1.21. The Bertz CT molecular complexity index is 552. The lowest BCUT2D eigenvalue weighted by atomic mass is 10.7. The number of hydrogen-bond acceptors (Lipinski definition) is 5. The quantitative estimate of drug-likeness (QED) is 0.813. The van der Waals surface area contributed by atoms with E-state index in [-0.39, 0.29) is 13.4 Å². The molecule has 0 aliphatic heterocycles. The van der Waals surface area contributed by atoms with Gasteiger partial charge in [0.1, 0.15) is 8.55 Å². The van der Waals surface area contributed by atoms with Gasteiger partial charge in [-0.2, -0.15) is 0 Å². The first-order valence-electron chi connectivity index (χ1n) is 3.32. The van der Waals surface area contributed by atoms with E-state index in [0.29, 0.717) is 0 Å². The maximum Gasteiger partial charge on any atom is 0.184 e. The molecule has 0 saturated carbocycles. The van der Waals surface area contributed by atoms with Crippen molar-refractivity contribution in [2.45, 2.75) is 9.10 Å². The van der Waals surface area contributed by atoms with Gasteiger partial charge in [-0.05, 0) is 6.07 Å². The van der Waals surface area contributed by atoms with Crippen LogP contribution in [0, 0.1) is 0 Å². The van der Waals surface area contributed by atoms with Gasteiger partial charge in [0.25, 0.3) is 0 Å². The second-order valence-electron chi connectivity index (χ2n) is 2.75. The van der Waals surface area contributed by atoms with Crippen molar-refractivity contribution >= 4 is 42.6 Å². The standard InChI is InChI=1S/C6H7ClO4S3/c1-13(8,9)4-3-5(12-6(4)7)14(2,10)11/h3H,1-2H3. The first kappa shape index (κ1) is 12.0. The Balaban J connectivity index is 3.49. The average Bonchev–Trinajstić information content (AvgIpc) is 2.27. The molecule has 0 aromatic carbocycles. The van der Waals surface area contributed by atoms with Crippen LogP contribution in [0.4, 0.5) is 0 Å². The van der Waals surface area contributed by atoms with Gasteiger partial charge in [-0.25, -0.2) is 16.8 Å². The molecule has 8 heteroatoms. The minimum atomic E-state index is -3.46. The summed E-state index contributed by atoms with van der Waals surface area (Å²) in [4.78, 5) is -0.135. The molecule has 0 N–H and O–H groups in total. The van der Waals surface area contributed by atoms with Gasteiger partial charge in [0.05, 0.1) is 4.90 Å². The third kappa shape index (κ3) is 2.47. The van der Waals surface area contributed by atoms with Crippen molar-refractivity contribution in [2.75, 3.05) is 12.5 Å². The average molecular weight is 275 g/mol. The van der Waals surface area contributed by atoms with E-state index < -0.39 is 19.7 Å². The maximum atomic E-state index is 11.1. The molecule has 0 atom stereocenters. The van der Waals surface area contributed by atoms with Crippen molar-refractivity contribution in [3.63, 3.8) is 0 Å². The lowest BCUT2D eigenvalue weighted by Crippen LogP contribution is -1.96. The van der Waals surface area contributed by atoms with Gasteiger partial charge < -0.3 is 0 Å². The summed E-state index contributed by atoms with van der Waals surface area (Å²) in [5, 5.41) is 0. The van der Waals surface area contributed by atoms with Crippen molar-refractivity contribution in [2.24, 2.45) is 0 Å². The first-order valence-corrected chi connectivity index (χ1v) is 8.29. The molecule has 0 aliphatic carbocycles. The van der Waals surface area contributed by atoms with Crippen LogP contribution < -0.4 is 0 Å². The Morgan fingerprint density at radius 3 is 1.86 bits per heavy atom. The largest absolute Gasteiger partial charge is 0.224 e. The van der Waals surface area contributed by atoms with Crippen molar-refractivity contribution in [1.29, 1.82) is 0 Å². The Kier molecular flexibility index (Phi) is 2.97. The van der Waals surface area contributed by atoms with E-state index in [4.69, 9.17) is 11.6 Å². The lowest BCUT2D eigenvalue weighted by molar-refractivity contribution is 0.602. The van der Waals surface area contributed by atoms with E-state index in [1.807, 2.05) is 0 Å². The second kappa shape index (κ2) is 3.48. The van der Waals surface area contributed by atoms with Gasteiger partial charge in [-0.1, -0.05) is 11.6 Å². The van der Waals surface area contributed by atoms with Gasteiger partial charge in [0.2, 0.25) is 0 Å². The van der Waals surface area contributed by atoms with Crippen LogP contribution in [-0.2, 0) is 19.7 Å². The fourth-order valence-electron chi connectivity index (χ4n) is 0.767. The van der Waals surface area contributed by atoms with E-state index in [1.165, 1.54) is 0 Å². The summed E-state index contributed by atoms with van der Waals surface area (Å²) in [6.07, 6.45) is 1.98. The van der Waals surface area contributed by atoms with E-state index in [1.54, 1.807) is 0 Å². The predicted molar refractivity (Wildman–Crippen MR) is 55.5 cm³/mol. The van der Waals surface area contributed by atoms with Gasteiger partial charge in [-0.3, -0.25) is 0 Å². The molecule has 0 aliphatic rings. The Labute approximate surface area is 91.4 Å². The number of thiophene rings is 1. The van der Waals surface area contributed by atoms with Crippen LogP contribution in [0.25, 0.3) is 0 Å². The molecule has 1 aromatic heterocycles. The molecule has 4 nitrogen and oxygen atoms in total. The van der Waals surface area contributed by atoms with Gasteiger partial charge in [0.15, 0.2) is 19.7 Å². The van der Waals surface area contributed by atoms with Gasteiger partial charge in [-0.15, -0.1) is 11.3 Å². The van der Waals surface area contributed by atoms with Crippen LogP contribution in [0.15, 0.2) is 15.2 Å².